The smallest absolute Gasteiger partial charge is 0.175 e. The van der Waals surface area contributed by atoms with Gasteiger partial charge in [-0.3, -0.25) is 0 Å². The third kappa shape index (κ3) is 7.24. The zero-order chi connectivity index (χ0) is 17.2. The lowest BCUT2D eigenvalue weighted by molar-refractivity contribution is 0.194. The first-order chi connectivity index (χ1) is 11.7. The van der Waals surface area contributed by atoms with Gasteiger partial charge in [0.1, 0.15) is 6.61 Å². The van der Waals surface area contributed by atoms with E-state index in [1.807, 2.05) is 36.4 Å². The number of rotatable bonds is 10. The Bertz CT molecular complexity index is 626. The summed E-state index contributed by atoms with van der Waals surface area (Å²) in [5.41, 5.74) is 2.26. The molecule has 0 unspecified atom stereocenters. The van der Waals surface area contributed by atoms with Gasteiger partial charge < -0.3 is 19.5 Å². The molecular weight excluding hydrogens is 406 g/mol. The van der Waals surface area contributed by atoms with Crippen LogP contribution in [0.4, 0.5) is 0 Å². The van der Waals surface area contributed by atoms with Gasteiger partial charge in [0.05, 0.1) is 11.6 Å². The van der Waals surface area contributed by atoms with E-state index in [4.69, 9.17) is 14.2 Å². The number of ether oxygens (including phenoxy) is 3. The van der Waals surface area contributed by atoms with E-state index in [1.165, 1.54) is 0 Å². The molecule has 0 bridgehead atoms. The van der Waals surface area contributed by atoms with Crippen molar-refractivity contribution in [3.8, 4) is 11.5 Å². The maximum absolute atomic E-state index is 5.95. The Balaban J connectivity index is 0.00000312. The van der Waals surface area contributed by atoms with Crippen LogP contribution < -0.4 is 14.8 Å². The van der Waals surface area contributed by atoms with E-state index >= 15 is 0 Å². The highest BCUT2D eigenvalue weighted by atomic mass is 79.9. The third-order valence-corrected chi connectivity index (χ3v) is 4.14. The molecule has 2 rings (SSSR count). The van der Waals surface area contributed by atoms with Gasteiger partial charge in [-0.15, -0.1) is 12.4 Å². The van der Waals surface area contributed by atoms with Crippen LogP contribution in [0.15, 0.2) is 46.9 Å². The van der Waals surface area contributed by atoms with E-state index in [-0.39, 0.29) is 12.4 Å². The molecule has 2 aromatic carbocycles. The van der Waals surface area contributed by atoms with Crippen molar-refractivity contribution >= 4 is 28.3 Å². The Kier molecular flexibility index (Phi) is 10.6. The third-order valence-electron chi connectivity index (χ3n) is 3.55. The fourth-order valence-electron chi connectivity index (χ4n) is 2.32. The van der Waals surface area contributed by atoms with Gasteiger partial charge in [0.25, 0.3) is 0 Å². The van der Waals surface area contributed by atoms with Gasteiger partial charge in [0.15, 0.2) is 11.5 Å². The summed E-state index contributed by atoms with van der Waals surface area (Å²) >= 11 is 3.59. The zero-order valence-corrected chi connectivity index (χ0v) is 17.0. The summed E-state index contributed by atoms with van der Waals surface area (Å²) in [5.74, 6) is 1.46. The molecule has 0 aromatic heterocycles. The van der Waals surface area contributed by atoms with Crippen LogP contribution in [-0.4, -0.2) is 27.4 Å². The van der Waals surface area contributed by atoms with Crippen molar-refractivity contribution < 1.29 is 14.2 Å². The quantitative estimate of drug-likeness (QED) is 0.560. The number of hydrogen-bond acceptors (Lipinski definition) is 4. The Morgan fingerprint density at radius 3 is 2.48 bits per heavy atom. The fraction of sp³-hybridized carbons (Fsp3) is 0.368. The summed E-state index contributed by atoms with van der Waals surface area (Å²) in [6, 6.07) is 14.2. The Labute approximate surface area is 164 Å². The van der Waals surface area contributed by atoms with Gasteiger partial charge in [0, 0.05) is 20.3 Å². The average molecular weight is 431 g/mol. The predicted molar refractivity (Wildman–Crippen MR) is 107 cm³/mol. The van der Waals surface area contributed by atoms with E-state index in [1.54, 1.807) is 14.2 Å². The maximum atomic E-state index is 5.95. The lowest BCUT2D eigenvalue weighted by Gasteiger charge is -2.15. The van der Waals surface area contributed by atoms with Crippen molar-refractivity contribution in [1.82, 2.24) is 5.32 Å². The van der Waals surface area contributed by atoms with Crippen LogP contribution in [-0.2, 0) is 17.9 Å². The number of halogens is 2. The molecule has 0 amide bonds. The highest BCUT2D eigenvalue weighted by Crippen LogP contribution is 2.37. The summed E-state index contributed by atoms with van der Waals surface area (Å²) in [5, 5.41) is 3.40. The highest BCUT2D eigenvalue weighted by Gasteiger charge is 2.12. The molecule has 4 nitrogen and oxygen atoms in total. The normalized spacial score (nSPS) is 10.2. The van der Waals surface area contributed by atoms with E-state index in [0.29, 0.717) is 6.61 Å². The second-order valence-electron chi connectivity index (χ2n) is 5.41. The second-order valence-corrected chi connectivity index (χ2v) is 6.26. The van der Waals surface area contributed by atoms with Crippen molar-refractivity contribution in [2.45, 2.75) is 19.6 Å². The highest BCUT2D eigenvalue weighted by molar-refractivity contribution is 9.10. The minimum absolute atomic E-state index is 0. The average Bonchev–Trinajstić information content (AvgIpc) is 2.61. The van der Waals surface area contributed by atoms with Gasteiger partial charge in [-0.1, -0.05) is 30.3 Å². The summed E-state index contributed by atoms with van der Waals surface area (Å²) in [7, 11) is 3.38. The first kappa shape index (κ1) is 21.8. The van der Waals surface area contributed by atoms with Crippen LogP contribution in [0.25, 0.3) is 0 Å². The van der Waals surface area contributed by atoms with Crippen LogP contribution >= 0.6 is 28.3 Å². The Morgan fingerprint density at radius 1 is 1.04 bits per heavy atom. The first-order valence-corrected chi connectivity index (χ1v) is 8.76. The molecule has 0 saturated carbocycles. The first-order valence-electron chi connectivity index (χ1n) is 7.97. The van der Waals surface area contributed by atoms with Crippen LogP contribution in [0.1, 0.15) is 17.5 Å². The van der Waals surface area contributed by atoms with E-state index in [9.17, 15) is 0 Å². The largest absolute Gasteiger partial charge is 0.493 e. The fourth-order valence-corrected chi connectivity index (χ4v) is 2.92. The summed E-state index contributed by atoms with van der Waals surface area (Å²) < 4.78 is 17.4. The van der Waals surface area contributed by atoms with Crippen LogP contribution in [0.3, 0.4) is 0 Å². The van der Waals surface area contributed by atoms with Crippen molar-refractivity contribution in [2.75, 3.05) is 27.4 Å². The molecule has 0 aliphatic rings. The van der Waals surface area contributed by atoms with Gasteiger partial charge in [-0.25, -0.2) is 0 Å². The van der Waals surface area contributed by atoms with Gasteiger partial charge in [0.2, 0.25) is 0 Å². The minimum Gasteiger partial charge on any atom is -0.493 e. The van der Waals surface area contributed by atoms with E-state index < -0.39 is 0 Å². The predicted octanol–water partition coefficient (Wildman–Crippen LogP) is 4.58. The summed E-state index contributed by atoms with van der Waals surface area (Å²) in [4.78, 5) is 0. The van der Waals surface area contributed by atoms with Crippen LogP contribution in [0.2, 0.25) is 0 Å². The molecule has 2 aromatic rings. The van der Waals surface area contributed by atoms with Crippen LogP contribution in [0.5, 0.6) is 11.5 Å². The Morgan fingerprint density at radius 2 is 1.80 bits per heavy atom. The molecule has 0 heterocycles. The summed E-state index contributed by atoms with van der Waals surface area (Å²) in [6.45, 7) is 2.97. The molecule has 138 valence electrons. The molecule has 0 aliphatic carbocycles. The molecule has 0 spiro atoms. The standard InChI is InChI=1S/C19H24BrNO3.ClH/c1-22-10-6-9-21-13-16-11-17(20)19(18(12-16)23-2)24-14-15-7-4-3-5-8-15;/h3-5,7-8,11-12,21H,6,9-10,13-14H2,1-2H3;1H. The van der Waals surface area contributed by atoms with E-state index in [0.717, 1.165) is 53.2 Å². The molecule has 0 radical (unpaired) electrons. The number of nitrogens with one attached hydrogen (secondary N) is 1. The van der Waals surface area contributed by atoms with Crippen molar-refractivity contribution in [3.63, 3.8) is 0 Å². The molecule has 6 heteroatoms. The Hall–Kier alpha value is -1.27. The van der Waals surface area contributed by atoms with Crippen LogP contribution in [0, 0.1) is 0 Å². The lowest BCUT2D eigenvalue weighted by Crippen LogP contribution is -2.16. The molecule has 0 fully saturated rings. The minimum atomic E-state index is 0. The zero-order valence-electron chi connectivity index (χ0n) is 14.6. The SMILES string of the molecule is COCCCNCc1cc(Br)c(OCc2ccccc2)c(OC)c1.Cl. The molecule has 0 atom stereocenters. The molecule has 1 N–H and O–H groups in total. The maximum Gasteiger partial charge on any atom is 0.175 e. The summed E-state index contributed by atoms with van der Waals surface area (Å²) in [6.07, 6.45) is 0.993. The monoisotopic (exact) mass is 429 g/mol. The number of benzene rings is 2. The van der Waals surface area contributed by atoms with Gasteiger partial charge >= 0.3 is 0 Å². The van der Waals surface area contributed by atoms with E-state index in [2.05, 4.69) is 27.3 Å². The number of methoxy groups -OCH3 is 2. The molecular formula is C19H25BrClNO3. The van der Waals surface area contributed by atoms with Gasteiger partial charge in [-0.05, 0) is 52.2 Å². The number of hydrogen-bond donors (Lipinski definition) is 1. The second kappa shape index (κ2) is 12.1. The lowest BCUT2D eigenvalue weighted by atomic mass is 10.2. The van der Waals surface area contributed by atoms with Crippen molar-refractivity contribution in [3.05, 3.63) is 58.1 Å². The van der Waals surface area contributed by atoms with Crippen molar-refractivity contribution in [1.29, 1.82) is 0 Å². The topological polar surface area (TPSA) is 39.7 Å². The molecule has 25 heavy (non-hydrogen) atoms. The molecule has 0 aliphatic heterocycles. The van der Waals surface area contributed by atoms with Crippen molar-refractivity contribution in [2.24, 2.45) is 0 Å². The van der Waals surface area contributed by atoms with Gasteiger partial charge in [-0.2, -0.15) is 0 Å². The molecule has 0 saturated heterocycles.